The van der Waals surface area contributed by atoms with E-state index in [1.54, 1.807) is 60.7 Å². The summed E-state index contributed by atoms with van der Waals surface area (Å²) in [6.07, 6.45) is -0.595. The zero-order valence-corrected chi connectivity index (χ0v) is 38.8. The number of carbonyl (C=O) groups is 6. The summed E-state index contributed by atoms with van der Waals surface area (Å²) in [7, 11) is 0. The Morgan fingerprint density at radius 2 is 0.773 bits per heavy atom. The number of anilines is 4. The lowest BCUT2D eigenvalue weighted by Gasteiger charge is -2.14. The van der Waals surface area contributed by atoms with Crippen molar-refractivity contribution < 1.29 is 28.8 Å². The van der Waals surface area contributed by atoms with Crippen LogP contribution < -0.4 is 21.3 Å². The maximum Gasteiger partial charge on any atom is 0.257 e. The SMILES string of the molecule is CC(=O)CC(=O)Nc1ccccc1N=Nc1cc(NC(=O)c2cc(Cl)c(-c3cc(Cl)c(C(=O)Nc4ccc(Cl)c(N=Nc5ccccc5NC(=O)CC(C)=O)c4)cc3Cl)cc2Cl)ccc1Cl. The topological polar surface area (TPSA) is 200 Å². The van der Waals surface area contributed by atoms with E-state index in [-0.39, 0.29) is 88.4 Å². The molecule has 0 heterocycles. The van der Waals surface area contributed by atoms with E-state index in [1.807, 2.05) is 0 Å². The van der Waals surface area contributed by atoms with Gasteiger partial charge in [-0.05, 0) is 98.8 Å². The molecule has 0 saturated heterocycles. The number of ketones is 2. The van der Waals surface area contributed by atoms with Gasteiger partial charge < -0.3 is 21.3 Å². The number of azo groups is 2. The van der Waals surface area contributed by atoms with Gasteiger partial charge in [0, 0.05) is 32.5 Å². The Kier molecular flexibility index (Phi) is 16.4. The van der Waals surface area contributed by atoms with Crippen LogP contribution in [0.2, 0.25) is 30.1 Å². The summed E-state index contributed by atoms with van der Waals surface area (Å²) < 4.78 is 0. The number of amides is 4. The second-order valence-corrected chi connectivity index (χ2v) is 16.6. The molecule has 0 aliphatic carbocycles. The average molecular weight is 1010 g/mol. The fourth-order valence-electron chi connectivity index (χ4n) is 5.98. The Morgan fingerprint density at radius 1 is 0.409 bits per heavy atom. The zero-order valence-electron chi connectivity index (χ0n) is 34.3. The van der Waals surface area contributed by atoms with Crippen LogP contribution in [-0.4, -0.2) is 35.2 Å². The molecule has 0 unspecified atom stereocenters. The number of benzene rings is 6. The minimum atomic E-state index is -0.625. The monoisotopic (exact) mass is 1000 g/mol. The average Bonchev–Trinajstić information content (AvgIpc) is 3.25. The van der Waals surface area contributed by atoms with Crippen molar-refractivity contribution in [3.8, 4) is 11.1 Å². The van der Waals surface area contributed by atoms with Gasteiger partial charge in [0.15, 0.2) is 0 Å². The summed E-state index contributed by atoms with van der Waals surface area (Å²) >= 11 is 39.5. The third-order valence-electron chi connectivity index (χ3n) is 9.01. The molecule has 0 bridgehead atoms. The van der Waals surface area contributed by atoms with Crippen molar-refractivity contribution in [3.05, 3.63) is 150 Å². The van der Waals surface area contributed by atoms with Gasteiger partial charge in [-0.15, -0.1) is 20.5 Å². The maximum atomic E-state index is 13.5. The molecule has 4 N–H and O–H groups in total. The minimum absolute atomic E-state index is 0.00937. The van der Waals surface area contributed by atoms with Crippen LogP contribution in [0.5, 0.6) is 0 Å². The standard InChI is InChI=1S/C46H32Cl6N8O6/c1-23(61)15-43(63)55-37-7-3-5-9-39(37)57-59-41-17-25(11-13-31(41)47)53-45(65)29-21-33(49)27(19-35(29)51)28-20-36(52)30(22-34(28)50)46(66)54-26-12-14-32(48)42(18-26)60-58-40-10-6-4-8-38(40)56-44(64)16-24(2)62/h3-14,17-22H,15-16H2,1-2H3,(H,53,65)(H,54,66)(H,55,63)(H,56,64). The van der Waals surface area contributed by atoms with Gasteiger partial charge in [0.25, 0.3) is 11.8 Å². The Balaban J connectivity index is 1.15. The first-order valence-corrected chi connectivity index (χ1v) is 21.5. The Bertz CT molecular complexity index is 2820. The summed E-state index contributed by atoms with van der Waals surface area (Å²) in [6.45, 7) is 2.62. The normalized spacial score (nSPS) is 11.1. The first-order valence-electron chi connectivity index (χ1n) is 19.3. The molecule has 0 aliphatic heterocycles. The van der Waals surface area contributed by atoms with Gasteiger partial charge >= 0.3 is 0 Å². The second kappa shape index (κ2) is 22.1. The second-order valence-electron chi connectivity index (χ2n) is 14.2. The molecule has 6 rings (SSSR count). The molecule has 0 spiro atoms. The molecule has 334 valence electrons. The smallest absolute Gasteiger partial charge is 0.257 e. The van der Waals surface area contributed by atoms with E-state index < -0.39 is 23.6 Å². The Labute approximate surface area is 406 Å². The highest BCUT2D eigenvalue weighted by atomic mass is 35.5. The van der Waals surface area contributed by atoms with E-state index in [0.717, 1.165) is 0 Å². The van der Waals surface area contributed by atoms with E-state index in [4.69, 9.17) is 69.6 Å². The highest BCUT2D eigenvalue weighted by molar-refractivity contribution is 6.41. The molecule has 0 atom stereocenters. The van der Waals surface area contributed by atoms with E-state index in [2.05, 4.69) is 41.7 Å². The van der Waals surface area contributed by atoms with Gasteiger partial charge in [-0.3, -0.25) is 28.8 Å². The zero-order chi connectivity index (χ0) is 47.7. The summed E-state index contributed by atoms with van der Waals surface area (Å²) in [5.41, 5.74) is 2.88. The van der Waals surface area contributed by atoms with Crippen LogP contribution in [0.3, 0.4) is 0 Å². The van der Waals surface area contributed by atoms with Gasteiger partial charge in [-0.1, -0.05) is 93.9 Å². The first kappa shape index (κ1) is 48.9. The van der Waals surface area contributed by atoms with Crippen LogP contribution in [-0.2, 0) is 19.2 Å². The molecule has 0 radical (unpaired) electrons. The lowest BCUT2D eigenvalue weighted by atomic mass is 10.0. The fourth-order valence-corrected chi connectivity index (χ4v) is 7.32. The van der Waals surface area contributed by atoms with Crippen LogP contribution in [0.1, 0.15) is 47.4 Å². The van der Waals surface area contributed by atoms with Crippen LogP contribution >= 0.6 is 69.6 Å². The molecule has 6 aromatic carbocycles. The molecule has 0 aromatic heterocycles. The summed E-state index contributed by atoms with van der Waals surface area (Å²) in [4.78, 5) is 74.1. The molecule has 6 aromatic rings. The lowest BCUT2D eigenvalue weighted by Crippen LogP contribution is -2.14. The van der Waals surface area contributed by atoms with Gasteiger partial charge in [-0.25, -0.2) is 0 Å². The number of Topliss-reactive ketones (excluding diaryl/α,β-unsaturated/α-hetero) is 2. The molecular formula is C46H32Cl6N8O6. The molecule has 0 fully saturated rings. The minimum Gasteiger partial charge on any atom is -0.324 e. The molecule has 66 heavy (non-hydrogen) atoms. The molecule has 4 amide bonds. The van der Waals surface area contributed by atoms with Crippen molar-refractivity contribution in [2.75, 3.05) is 21.3 Å². The van der Waals surface area contributed by atoms with Crippen LogP contribution in [0.4, 0.5) is 45.5 Å². The molecule has 0 aliphatic rings. The van der Waals surface area contributed by atoms with Gasteiger partial charge in [-0.2, -0.15) is 0 Å². The summed E-state index contributed by atoms with van der Waals surface area (Å²) in [5.74, 6) is -2.85. The van der Waals surface area contributed by atoms with Crippen molar-refractivity contribution in [2.45, 2.75) is 26.7 Å². The highest BCUT2D eigenvalue weighted by Gasteiger charge is 2.21. The number of nitrogens with one attached hydrogen (secondary N) is 4. The Morgan fingerprint density at radius 3 is 1.15 bits per heavy atom. The number of hydrogen-bond donors (Lipinski definition) is 4. The summed E-state index contributed by atoms with van der Waals surface area (Å²) in [5, 5.41) is 28.2. The number of halogens is 6. The van der Waals surface area contributed by atoms with Crippen molar-refractivity contribution >= 4 is 150 Å². The summed E-state index contributed by atoms with van der Waals surface area (Å²) in [6, 6.07) is 27.8. The van der Waals surface area contributed by atoms with Gasteiger partial charge in [0.1, 0.15) is 34.3 Å². The van der Waals surface area contributed by atoms with Crippen LogP contribution in [0.15, 0.2) is 130 Å². The largest absolute Gasteiger partial charge is 0.324 e. The van der Waals surface area contributed by atoms with E-state index >= 15 is 0 Å². The third-order valence-corrected chi connectivity index (χ3v) is 10.9. The maximum absolute atomic E-state index is 13.5. The number of carbonyl (C=O) groups excluding carboxylic acids is 6. The number of nitrogens with zero attached hydrogens (tertiary/aromatic N) is 4. The van der Waals surface area contributed by atoms with Crippen molar-refractivity contribution in [3.63, 3.8) is 0 Å². The predicted octanol–water partition coefficient (Wildman–Crippen LogP) is 14.4. The highest BCUT2D eigenvalue weighted by Crippen LogP contribution is 2.41. The fraction of sp³-hybridized carbons (Fsp3) is 0.0870. The predicted molar refractivity (Wildman–Crippen MR) is 260 cm³/mol. The number of para-hydroxylation sites is 2. The van der Waals surface area contributed by atoms with Crippen molar-refractivity contribution in [1.29, 1.82) is 0 Å². The van der Waals surface area contributed by atoms with Gasteiger partial charge in [0.05, 0.1) is 55.4 Å². The quantitative estimate of drug-likeness (QED) is 0.0582. The molecule has 14 nitrogen and oxygen atoms in total. The molecular weight excluding hydrogens is 973 g/mol. The van der Waals surface area contributed by atoms with E-state index in [0.29, 0.717) is 33.9 Å². The van der Waals surface area contributed by atoms with Crippen molar-refractivity contribution in [2.24, 2.45) is 20.5 Å². The third kappa shape index (κ3) is 12.8. The van der Waals surface area contributed by atoms with Crippen LogP contribution in [0.25, 0.3) is 11.1 Å². The van der Waals surface area contributed by atoms with Crippen molar-refractivity contribution in [1.82, 2.24) is 0 Å². The lowest BCUT2D eigenvalue weighted by molar-refractivity contribution is -0.125. The van der Waals surface area contributed by atoms with E-state index in [1.165, 1.54) is 62.4 Å². The van der Waals surface area contributed by atoms with E-state index in [9.17, 15) is 28.8 Å². The number of rotatable bonds is 15. The first-order chi connectivity index (χ1) is 31.4. The Hall–Kier alpha value is -6.52. The van der Waals surface area contributed by atoms with Gasteiger partial charge in [0.2, 0.25) is 11.8 Å². The van der Waals surface area contributed by atoms with Crippen LogP contribution in [0, 0.1) is 0 Å². The molecule has 20 heteroatoms. The number of hydrogen-bond acceptors (Lipinski definition) is 10. The molecule has 0 saturated carbocycles.